The van der Waals surface area contributed by atoms with Gasteiger partial charge in [-0.05, 0) is 12.3 Å². The Hall–Kier alpha value is -1.60. The zero-order valence-electron chi connectivity index (χ0n) is 12.5. The number of hydrogen-bond donors (Lipinski definition) is 1. The van der Waals surface area contributed by atoms with E-state index in [9.17, 15) is 4.79 Å². The molecule has 0 unspecified atom stereocenters. The Morgan fingerprint density at radius 2 is 2.05 bits per heavy atom. The van der Waals surface area contributed by atoms with Crippen molar-refractivity contribution in [2.45, 2.75) is 4.90 Å². The summed E-state index contributed by atoms with van der Waals surface area (Å²) in [4.78, 5) is 14.6. The van der Waals surface area contributed by atoms with Crippen molar-refractivity contribution >= 4 is 23.5 Å². The summed E-state index contributed by atoms with van der Waals surface area (Å²) in [5.74, 6) is 1.38. The van der Waals surface area contributed by atoms with Gasteiger partial charge in [-0.25, -0.2) is 4.79 Å². The van der Waals surface area contributed by atoms with Crippen molar-refractivity contribution < 1.29 is 19.0 Å². The maximum Gasteiger partial charge on any atom is 0.321 e. The summed E-state index contributed by atoms with van der Waals surface area (Å²) in [6.07, 6.45) is 1.95. The summed E-state index contributed by atoms with van der Waals surface area (Å²) in [7, 11) is 3.34. The Morgan fingerprint density at radius 1 is 1.38 bits per heavy atom. The molecule has 6 nitrogen and oxygen atoms in total. The monoisotopic (exact) mass is 312 g/mol. The highest BCUT2D eigenvalue weighted by Crippen LogP contribution is 2.39. The smallest absolute Gasteiger partial charge is 0.321 e. The maximum atomic E-state index is 12.1. The third-order valence-electron chi connectivity index (χ3n) is 3.08. The second kappa shape index (κ2) is 7.42. The van der Waals surface area contributed by atoms with Gasteiger partial charge < -0.3 is 24.4 Å². The van der Waals surface area contributed by atoms with Crippen LogP contribution < -0.4 is 14.8 Å². The highest BCUT2D eigenvalue weighted by Gasteiger charge is 2.18. The first-order chi connectivity index (χ1) is 10.2. The van der Waals surface area contributed by atoms with Gasteiger partial charge in [0.15, 0.2) is 11.5 Å². The van der Waals surface area contributed by atoms with Crippen molar-refractivity contribution in [2.24, 2.45) is 0 Å². The lowest BCUT2D eigenvalue weighted by molar-refractivity contribution is 0.165. The first-order valence-corrected chi connectivity index (χ1v) is 7.87. The summed E-state index contributed by atoms with van der Waals surface area (Å²) < 4.78 is 16.1. The molecule has 21 heavy (non-hydrogen) atoms. The first-order valence-electron chi connectivity index (χ1n) is 6.64. The summed E-state index contributed by atoms with van der Waals surface area (Å²) in [6, 6.07) is 3.52. The van der Waals surface area contributed by atoms with E-state index in [0.29, 0.717) is 32.1 Å². The summed E-state index contributed by atoms with van der Waals surface area (Å²) >= 11 is 1.55. The molecule has 1 aromatic rings. The third-order valence-corrected chi connectivity index (χ3v) is 3.86. The van der Waals surface area contributed by atoms with Crippen molar-refractivity contribution in [1.82, 2.24) is 4.90 Å². The summed E-state index contributed by atoms with van der Waals surface area (Å²) in [5, 5.41) is 2.90. The van der Waals surface area contributed by atoms with E-state index in [-0.39, 0.29) is 6.03 Å². The molecule has 0 radical (unpaired) electrons. The van der Waals surface area contributed by atoms with E-state index in [4.69, 9.17) is 14.2 Å². The molecule has 0 aromatic heterocycles. The molecule has 2 amide bonds. The van der Waals surface area contributed by atoms with Crippen LogP contribution in [0.4, 0.5) is 10.5 Å². The molecule has 0 saturated carbocycles. The van der Waals surface area contributed by atoms with Crippen molar-refractivity contribution in [1.29, 1.82) is 0 Å². The van der Waals surface area contributed by atoms with E-state index in [2.05, 4.69) is 5.32 Å². The van der Waals surface area contributed by atoms with Crippen molar-refractivity contribution in [3.05, 3.63) is 12.1 Å². The van der Waals surface area contributed by atoms with Gasteiger partial charge in [0.05, 0.1) is 12.3 Å². The normalized spacial score (nSPS) is 12.9. The summed E-state index contributed by atoms with van der Waals surface area (Å²) in [6.45, 7) is 2.10. The van der Waals surface area contributed by atoms with E-state index >= 15 is 0 Å². The number of methoxy groups -OCH3 is 1. The van der Waals surface area contributed by atoms with Crippen LogP contribution in [-0.4, -0.2) is 57.7 Å². The number of urea groups is 1. The van der Waals surface area contributed by atoms with Gasteiger partial charge in [0, 0.05) is 31.7 Å². The van der Waals surface area contributed by atoms with Gasteiger partial charge in [0.2, 0.25) is 0 Å². The molecule has 2 rings (SSSR count). The number of fused-ring (bicyclic) bond motifs is 1. The second-order valence-corrected chi connectivity index (χ2v) is 5.39. The van der Waals surface area contributed by atoms with Gasteiger partial charge >= 0.3 is 6.03 Å². The molecule has 1 aromatic carbocycles. The lowest BCUT2D eigenvalue weighted by Gasteiger charge is -2.22. The van der Waals surface area contributed by atoms with Crippen LogP contribution in [0, 0.1) is 0 Å². The number of thioether (sulfide) groups is 1. The number of rotatable bonds is 5. The van der Waals surface area contributed by atoms with Gasteiger partial charge in [-0.3, -0.25) is 0 Å². The number of likely N-dealkylation sites (N-methyl/N-ethyl adjacent to an activating group) is 1. The quantitative estimate of drug-likeness (QED) is 0.845. The lowest BCUT2D eigenvalue weighted by Crippen LogP contribution is -2.34. The van der Waals surface area contributed by atoms with Crippen molar-refractivity contribution in [2.75, 3.05) is 52.1 Å². The molecule has 0 aliphatic carbocycles. The van der Waals surface area contributed by atoms with Gasteiger partial charge in [0.1, 0.15) is 13.2 Å². The fraction of sp³-hybridized carbons (Fsp3) is 0.500. The molecule has 0 spiro atoms. The summed E-state index contributed by atoms with van der Waals surface area (Å²) in [5.41, 5.74) is 0.723. The average Bonchev–Trinajstić information content (AvgIpc) is 2.51. The van der Waals surface area contributed by atoms with Crippen LogP contribution in [0.3, 0.4) is 0 Å². The van der Waals surface area contributed by atoms with Crippen molar-refractivity contribution in [3.8, 4) is 11.5 Å². The largest absolute Gasteiger partial charge is 0.486 e. The zero-order valence-corrected chi connectivity index (χ0v) is 13.3. The van der Waals surface area contributed by atoms with Crippen molar-refractivity contribution in [3.63, 3.8) is 0 Å². The van der Waals surface area contributed by atoms with Crippen LogP contribution in [0.15, 0.2) is 17.0 Å². The number of nitrogens with zero attached hydrogens (tertiary/aromatic N) is 1. The van der Waals surface area contributed by atoms with E-state index < -0.39 is 0 Å². The molecule has 0 atom stereocenters. The Labute approximate surface area is 128 Å². The molecule has 0 fully saturated rings. The molecule has 116 valence electrons. The Morgan fingerprint density at radius 3 is 2.67 bits per heavy atom. The SMILES string of the molecule is COCCN(C)C(=O)Nc1cc2c(cc1SC)OCCO2. The average molecular weight is 312 g/mol. The Balaban J connectivity index is 2.13. The van der Waals surface area contributed by atoms with Crippen LogP contribution in [0.25, 0.3) is 0 Å². The maximum absolute atomic E-state index is 12.1. The van der Waals surface area contributed by atoms with Gasteiger partial charge in [-0.1, -0.05) is 0 Å². The fourth-order valence-electron chi connectivity index (χ4n) is 1.88. The molecule has 1 aliphatic rings. The standard InChI is InChI=1S/C14H20N2O4S/c1-16(4-5-18-2)14(17)15-10-8-11-12(9-13(10)21-3)20-7-6-19-11/h8-9H,4-7H2,1-3H3,(H,15,17). The Kier molecular flexibility index (Phi) is 5.58. The molecule has 1 heterocycles. The number of carbonyl (C=O) groups is 1. The van der Waals surface area contributed by atoms with E-state index in [1.54, 1.807) is 30.8 Å². The minimum absolute atomic E-state index is 0.181. The molecular formula is C14H20N2O4S. The topological polar surface area (TPSA) is 60.0 Å². The number of nitrogens with one attached hydrogen (secondary N) is 1. The number of hydrogen-bond acceptors (Lipinski definition) is 5. The van der Waals surface area contributed by atoms with Gasteiger partial charge in [-0.15, -0.1) is 11.8 Å². The number of carbonyl (C=O) groups excluding carboxylic acids is 1. The lowest BCUT2D eigenvalue weighted by atomic mass is 10.2. The van der Waals surface area contributed by atoms with Crippen LogP contribution in [-0.2, 0) is 4.74 Å². The number of anilines is 1. The van der Waals surface area contributed by atoms with E-state index in [1.807, 2.05) is 18.4 Å². The second-order valence-electron chi connectivity index (χ2n) is 4.54. The number of benzene rings is 1. The predicted molar refractivity (Wildman–Crippen MR) is 82.7 cm³/mol. The van der Waals surface area contributed by atoms with Gasteiger partial charge in [0.25, 0.3) is 0 Å². The minimum atomic E-state index is -0.181. The molecule has 0 saturated heterocycles. The number of amides is 2. The number of ether oxygens (including phenoxy) is 3. The van der Waals surface area contributed by atoms with E-state index in [1.165, 1.54) is 0 Å². The zero-order chi connectivity index (χ0) is 15.2. The molecule has 0 bridgehead atoms. The predicted octanol–water partition coefficient (Wildman–Crippen LogP) is 2.29. The molecular weight excluding hydrogens is 292 g/mol. The molecule has 7 heteroatoms. The first kappa shape index (κ1) is 15.8. The van der Waals surface area contributed by atoms with Crippen LogP contribution in [0.1, 0.15) is 0 Å². The highest BCUT2D eigenvalue weighted by atomic mass is 32.2. The third kappa shape index (κ3) is 3.95. The van der Waals surface area contributed by atoms with E-state index in [0.717, 1.165) is 16.3 Å². The minimum Gasteiger partial charge on any atom is -0.486 e. The van der Waals surface area contributed by atoms with Gasteiger partial charge in [-0.2, -0.15) is 0 Å². The van der Waals surface area contributed by atoms with Crippen LogP contribution >= 0.6 is 11.8 Å². The fourth-order valence-corrected chi connectivity index (χ4v) is 2.43. The van der Waals surface area contributed by atoms with Crippen LogP contribution in [0.5, 0.6) is 11.5 Å². The Bertz CT molecular complexity index is 510. The van der Waals surface area contributed by atoms with Crippen LogP contribution in [0.2, 0.25) is 0 Å². The highest BCUT2D eigenvalue weighted by molar-refractivity contribution is 7.98. The molecule has 1 N–H and O–H groups in total. The molecule has 1 aliphatic heterocycles.